The fraction of sp³-hybridized carbons (Fsp3) is 0.308. The van der Waals surface area contributed by atoms with Crippen molar-refractivity contribution < 1.29 is 19.1 Å². The van der Waals surface area contributed by atoms with Crippen LogP contribution in [0.4, 0.5) is 0 Å². The van der Waals surface area contributed by atoms with Crippen LogP contribution in [0.1, 0.15) is 12.0 Å². The van der Waals surface area contributed by atoms with Gasteiger partial charge in [-0.3, -0.25) is 14.9 Å². The van der Waals surface area contributed by atoms with Gasteiger partial charge >= 0.3 is 5.97 Å². The molecule has 2 rings (SSSR count). The average Bonchev–Trinajstić information content (AvgIpc) is 2.37. The Kier molecular flexibility index (Phi) is 3.84. The van der Waals surface area contributed by atoms with Crippen LogP contribution in [0, 0.1) is 0 Å². The van der Waals surface area contributed by atoms with Crippen molar-refractivity contribution >= 4 is 17.5 Å². The van der Waals surface area contributed by atoms with Crippen molar-refractivity contribution in [2.24, 2.45) is 0 Å². The fourth-order valence-electron chi connectivity index (χ4n) is 1.72. The minimum Gasteiger partial charge on any atom is -0.459 e. The molecule has 1 fully saturated rings. The lowest BCUT2D eigenvalue weighted by atomic mass is 10.0. The molecule has 0 aromatic heterocycles. The maximum Gasteiger partial charge on any atom is 0.331 e. The van der Waals surface area contributed by atoms with Gasteiger partial charge in [0.2, 0.25) is 0 Å². The Bertz CT molecular complexity index is 469. The van der Waals surface area contributed by atoms with Crippen LogP contribution in [0.15, 0.2) is 30.3 Å². The van der Waals surface area contributed by atoms with Gasteiger partial charge in [-0.25, -0.2) is 4.79 Å². The number of benzene rings is 1. The number of ketones is 2. The molecule has 5 heteroatoms. The first kappa shape index (κ1) is 12.4. The third kappa shape index (κ3) is 3.01. The van der Waals surface area contributed by atoms with Crippen LogP contribution in [0.5, 0.6) is 0 Å². The van der Waals surface area contributed by atoms with Crippen LogP contribution in [0.2, 0.25) is 0 Å². The zero-order valence-electron chi connectivity index (χ0n) is 9.72. The molecule has 1 atom stereocenters. The van der Waals surface area contributed by atoms with Crippen molar-refractivity contribution in [1.82, 2.24) is 5.32 Å². The van der Waals surface area contributed by atoms with Crippen molar-refractivity contribution in [3.05, 3.63) is 35.9 Å². The van der Waals surface area contributed by atoms with Gasteiger partial charge in [0.15, 0.2) is 17.6 Å². The van der Waals surface area contributed by atoms with Gasteiger partial charge in [0, 0.05) is 0 Å². The van der Waals surface area contributed by atoms with Gasteiger partial charge in [-0.1, -0.05) is 30.3 Å². The van der Waals surface area contributed by atoms with Crippen molar-refractivity contribution in [1.29, 1.82) is 0 Å². The Morgan fingerprint density at radius 2 is 2.00 bits per heavy atom. The quantitative estimate of drug-likeness (QED) is 0.611. The average molecular weight is 247 g/mol. The van der Waals surface area contributed by atoms with Crippen LogP contribution in [-0.4, -0.2) is 30.1 Å². The summed E-state index contributed by atoms with van der Waals surface area (Å²) in [6, 6.07) is 8.19. The summed E-state index contributed by atoms with van der Waals surface area (Å²) in [5, 5.41) is 2.58. The number of ether oxygens (including phenoxy) is 1. The zero-order valence-corrected chi connectivity index (χ0v) is 9.72. The third-order valence-corrected chi connectivity index (χ3v) is 2.66. The molecule has 0 amide bonds. The minimum absolute atomic E-state index is 0.0385. The molecule has 0 aliphatic carbocycles. The zero-order chi connectivity index (χ0) is 13.0. The van der Waals surface area contributed by atoms with Gasteiger partial charge in [0.1, 0.15) is 6.61 Å². The van der Waals surface area contributed by atoms with Crippen molar-refractivity contribution in [2.75, 3.05) is 6.54 Å². The van der Waals surface area contributed by atoms with E-state index in [0.29, 0.717) is 0 Å². The van der Waals surface area contributed by atoms with E-state index >= 15 is 0 Å². The van der Waals surface area contributed by atoms with Crippen LogP contribution < -0.4 is 5.32 Å². The molecular weight excluding hydrogens is 234 g/mol. The SMILES string of the molecule is O=C1CNC(C(=O)OCc2ccccc2)C(=O)C1. The van der Waals surface area contributed by atoms with Gasteiger partial charge in [-0.15, -0.1) is 0 Å². The largest absolute Gasteiger partial charge is 0.459 e. The topological polar surface area (TPSA) is 72.5 Å². The van der Waals surface area contributed by atoms with E-state index in [1.807, 2.05) is 30.3 Å². The summed E-state index contributed by atoms with van der Waals surface area (Å²) in [5.41, 5.74) is 0.852. The van der Waals surface area contributed by atoms with E-state index < -0.39 is 17.8 Å². The summed E-state index contributed by atoms with van der Waals surface area (Å²) in [5.74, 6) is -1.26. The van der Waals surface area contributed by atoms with E-state index in [1.54, 1.807) is 0 Å². The summed E-state index contributed by atoms with van der Waals surface area (Å²) in [6.07, 6.45) is -0.196. The maximum absolute atomic E-state index is 11.7. The van der Waals surface area contributed by atoms with Crippen LogP contribution >= 0.6 is 0 Å². The first-order valence-electron chi connectivity index (χ1n) is 5.65. The molecule has 5 nitrogen and oxygen atoms in total. The highest BCUT2D eigenvalue weighted by Crippen LogP contribution is 2.06. The van der Waals surface area contributed by atoms with Crippen molar-refractivity contribution in [3.63, 3.8) is 0 Å². The van der Waals surface area contributed by atoms with E-state index in [4.69, 9.17) is 4.74 Å². The highest BCUT2D eigenvalue weighted by molar-refractivity contribution is 6.13. The molecule has 0 bridgehead atoms. The maximum atomic E-state index is 11.7. The lowest BCUT2D eigenvalue weighted by molar-refractivity contribution is -0.151. The molecule has 1 unspecified atom stereocenters. The number of piperidine rings is 1. The predicted octanol–water partition coefficient (Wildman–Crippen LogP) is 0.230. The van der Waals surface area contributed by atoms with Gasteiger partial charge < -0.3 is 4.74 Å². The number of carbonyl (C=O) groups is 3. The molecular formula is C13H13NO4. The molecule has 1 N–H and O–H groups in total. The molecule has 0 radical (unpaired) electrons. The van der Waals surface area contributed by atoms with Gasteiger partial charge in [-0.2, -0.15) is 0 Å². The molecule has 1 aromatic rings. The molecule has 94 valence electrons. The van der Waals surface area contributed by atoms with Gasteiger partial charge in [0.05, 0.1) is 13.0 Å². The van der Waals surface area contributed by atoms with Crippen LogP contribution in [0.3, 0.4) is 0 Å². The minimum atomic E-state index is -1.01. The van der Waals surface area contributed by atoms with Gasteiger partial charge in [-0.05, 0) is 5.56 Å². The molecule has 1 aliphatic heterocycles. The highest BCUT2D eigenvalue weighted by Gasteiger charge is 2.33. The Morgan fingerprint density at radius 1 is 1.28 bits per heavy atom. The number of esters is 1. The second-order valence-electron chi connectivity index (χ2n) is 4.09. The number of hydrogen-bond acceptors (Lipinski definition) is 5. The summed E-state index contributed by atoms with van der Waals surface area (Å²) >= 11 is 0. The Morgan fingerprint density at radius 3 is 2.67 bits per heavy atom. The Labute approximate surface area is 104 Å². The first-order chi connectivity index (χ1) is 8.66. The number of nitrogens with one attached hydrogen (secondary N) is 1. The monoisotopic (exact) mass is 247 g/mol. The van der Waals surface area contributed by atoms with E-state index in [2.05, 4.69) is 5.32 Å². The summed E-state index contributed by atoms with van der Waals surface area (Å²) in [7, 11) is 0. The highest BCUT2D eigenvalue weighted by atomic mass is 16.5. The standard InChI is InChI=1S/C13H13NO4/c15-10-6-11(16)12(14-7-10)13(17)18-8-9-4-2-1-3-5-9/h1-5,12,14H,6-8H2. The van der Waals surface area contributed by atoms with Crippen molar-refractivity contribution in [3.8, 4) is 0 Å². The third-order valence-electron chi connectivity index (χ3n) is 2.66. The normalized spacial score (nSPS) is 19.7. The van der Waals surface area contributed by atoms with E-state index in [0.717, 1.165) is 5.56 Å². The number of Topliss-reactive ketones (excluding diaryl/α,β-unsaturated/α-hetero) is 2. The Balaban J connectivity index is 1.88. The van der Waals surface area contributed by atoms with Crippen LogP contribution in [0.25, 0.3) is 0 Å². The van der Waals surface area contributed by atoms with Crippen LogP contribution in [-0.2, 0) is 25.7 Å². The van der Waals surface area contributed by atoms with Gasteiger partial charge in [0.25, 0.3) is 0 Å². The summed E-state index contributed by atoms with van der Waals surface area (Å²) < 4.78 is 5.04. The lowest BCUT2D eigenvalue weighted by Crippen LogP contribution is -2.51. The predicted molar refractivity (Wildman–Crippen MR) is 62.7 cm³/mol. The Hall–Kier alpha value is -2.01. The first-order valence-corrected chi connectivity index (χ1v) is 5.65. The molecule has 1 heterocycles. The van der Waals surface area contributed by atoms with E-state index in [9.17, 15) is 14.4 Å². The van der Waals surface area contributed by atoms with E-state index in [1.165, 1.54) is 0 Å². The molecule has 1 aromatic carbocycles. The molecule has 1 saturated heterocycles. The summed E-state index contributed by atoms with van der Waals surface area (Å²) in [6.45, 7) is 0.163. The smallest absolute Gasteiger partial charge is 0.331 e. The second kappa shape index (κ2) is 5.55. The molecule has 0 spiro atoms. The number of hydrogen-bond donors (Lipinski definition) is 1. The van der Waals surface area contributed by atoms with Crippen molar-refractivity contribution in [2.45, 2.75) is 19.1 Å². The summed E-state index contributed by atoms with van der Waals surface area (Å²) in [4.78, 5) is 34.1. The van der Waals surface area contributed by atoms with E-state index in [-0.39, 0.29) is 25.4 Å². The fourth-order valence-corrected chi connectivity index (χ4v) is 1.72. The number of rotatable bonds is 3. The molecule has 1 aliphatic rings. The second-order valence-corrected chi connectivity index (χ2v) is 4.09. The lowest BCUT2D eigenvalue weighted by Gasteiger charge is -2.19. The molecule has 0 saturated carbocycles. The molecule has 18 heavy (non-hydrogen) atoms. The number of carbonyl (C=O) groups excluding carboxylic acids is 3.